The van der Waals surface area contributed by atoms with Gasteiger partial charge in [-0.1, -0.05) is 22.9 Å². The molecule has 0 bridgehead atoms. The molecule has 1 heterocycles. The molecular formula is C14H18ClN5O. The van der Waals surface area contributed by atoms with Crippen LogP contribution in [0.3, 0.4) is 0 Å². The Morgan fingerprint density at radius 3 is 2.86 bits per heavy atom. The molecule has 0 aliphatic carbocycles. The van der Waals surface area contributed by atoms with Crippen molar-refractivity contribution in [3.05, 3.63) is 41.2 Å². The van der Waals surface area contributed by atoms with Crippen LogP contribution >= 0.6 is 11.6 Å². The zero-order chi connectivity index (χ0) is 15.5. The number of aryl methyl sites for hydroxylation is 1. The van der Waals surface area contributed by atoms with Gasteiger partial charge in [0.2, 0.25) is 5.91 Å². The number of carbonyl (C=O) groups is 1. The molecule has 0 fully saturated rings. The van der Waals surface area contributed by atoms with Gasteiger partial charge in [0.15, 0.2) is 0 Å². The van der Waals surface area contributed by atoms with Gasteiger partial charge in [0.05, 0.1) is 18.3 Å². The summed E-state index contributed by atoms with van der Waals surface area (Å²) in [4.78, 5) is 11.9. The number of rotatable bonds is 5. The molecule has 3 N–H and O–H groups in total. The third-order valence-electron chi connectivity index (χ3n) is 2.88. The highest BCUT2D eigenvalue weighted by atomic mass is 35.5. The van der Waals surface area contributed by atoms with E-state index in [-0.39, 0.29) is 5.91 Å². The molecule has 0 unspecified atom stereocenters. The third kappa shape index (κ3) is 4.54. The molecule has 0 saturated carbocycles. The molecule has 6 nitrogen and oxygen atoms in total. The second-order valence-corrected chi connectivity index (χ2v) is 5.83. The lowest BCUT2D eigenvalue weighted by atomic mass is 10.0. The summed E-state index contributed by atoms with van der Waals surface area (Å²) in [7, 11) is 0. The van der Waals surface area contributed by atoms with Crippen molar-refractivity contribution < 1.29 is 4.79 Å². The summed E-state index contributed by atoms with van der Waals surface area (Å²) < 4.78 is 1.61. The Bertz CT molecular complexity index is 632. The van der Waals surface area contributed by atoms with Crippen molar-refractivity contribution in [3.8, 4) is 0 Å². The average Bonchev–Trinajstić information content (AvgIpc) is 2.85. The van der Waals surface area contributed by atoms with E-state index in [2.05, 4.69) is 15.6 Å². The number of nitrogens with two attached hydrogens (primary N) is 1. The van der Waals surface area contributed by atoms with Crippen LogP contribution in [0.4, 0.5) is 5.69 Å². The van der Waals surface area contributed by atoms with Gasteiger partial charge in [0.25, 0.3) is 0 Å². The van der Waals surface area contributed by atoms with Gasteiger partial charge in [-0.05, 0) is 32.0 Å². The topological polar surface area (TPSA) is 85.8 Å². The lowest BCUT2D eigenvalue weighted by molar-refractivity contribution is -0.116. The van der Waals surface area contributed by atoms with Crippen LogP contribution in [0.2, 0.25) is 5.02 Å². The fourth-order valence-corrected chi connectivity index (χ4v) is 1.90. The van der Waals surface area contributed by atoms with Crippen LogP contribution in [0.5, 0.6) is 0 Å². The summed E-state index contributed by atoms with van der Waals surface area (Å²) >= 11 is 5.86. The Labute approximate surface area is 128 Å². The molecule has 2 aromatic rings. The Morgan fingerprint density at radius 2 is 2.24 bits per heavy atom. The van der Waals surface area contributed by atoms with Crippen molar-refractivity contribution in [2.75, 3.05) is 5.32 Å². The van der Waals surface area contributed by atoms with Gasteiger partial charge in [0.1, 0.15) is 5.69 Å². The summed E-state index contributed by atoms with van der Waals surface area (Å²) in [6.07, 6.45) is 2.05. The molecule has 0 saturated heterocycles. The first-order valence-electron chi connectivity index (χ1n) is 6.59. The summed E-state index contributed by atoms with van der Waals surface area (Å²) in [5.41, 5.74) is 6.76. The summed E-state index contributed by atoms with van der Waals surface area (Å²) in [6.45, 7) is 4.15. The summed E-state index contributed by atoms with van der Waals surface area (Å²) in [6, 6.07) is 7.02. The zero-order valence-corrected chi connectivity index (χ0v) is 12.8. The highest BCUT2D eigenvalue weighted by Crippen LogP contribution is 2.15. The van der Waals surface area contributed by atoms with Crippen LogP contribution in [0, 0.1) is 0 Å². The summed E-state index contributed by atoms with van der Waals surface area (Å²) in [5, 5.41) is 11.3. The van der Waals surface area contributed by atoms with Crippen LogP contribution < -0.4 is 11.1 Å². The molecule has 112 valence electrons. The van der Waals surface area contributed by atoms with Crippen molar-refractivity contribution in [3.63, 3.8) is 0 Å². The minimum absolute atomic E-state index is 0.110. The standard InChI is InChI=1S/C14H18ClN5O/c1-14(2,16)12-9-20(19-18-12)7-6-13(21)17-11-5-3-4-10(15)8-11/h3-5,8-9H,6-7,16H2,1-2H3,(H,17,21). The Morgan fingerprint density at radius 1 is 1.48 bits per heavy atom. The van der Waals surface area contributed by atoms with Crippen LogP contribution in [0.15, 0.2) is 30.5 Å². The van der Waals surface area contributed by atoms with Gasteiger partial charge < -0.3 is 11.1 Å². The number of benzene rings is 1. The fourth-order valence-electron chi connectivity index (χ4n) is 1.71. The van der Waals surface area contributed by atoms with Gasteiger partial charge in [-0.2, -0.15) is 0 Å². The van der Waals surface area contributed by atoms with Crippen LogP contribution in [-0.2, 0) is 16.9 Å². The minimum Gasteiger partial charge on any atom is -0.326 e. The van der Waals surface area contributed by atoms with E-state index in [0.29, 0.717) is 29.4 Å². The molecule has 0 spiro atoms. The second kappa shape index (κ2) is 6.24. The molecule has 21 heavy (non-hydrogen) atoms. The highest BCUT2D eigenvalue weighted by Gasteiger charge is 2.18. The van der Waals surface area contributed by atoms with Gasteiger partial charge in [-0.25, -0.2) is 0 Å². The van der Waals surface area contributed by atoms with Gasteiger partial charge >= 0.3 is 0 Å². The second-order valence-electron chi connectivity index (χ2n) is 5.40. The van der Waals surface area contributed by atoms with Crippen molar-refractivity contribution >= 4 is 23.2 Å². The molecule has 0 radical (unpaired) electrons. The average molecular weight is 308 g/mol. The predicted octanol–water partition coefficient (Wildman–Crippen LogP) is 2.15. The summed E-state index contributed by atoms with van der Waals surface area (Å²) in [5.74, 6) is -0.110. The van der Waals surface area contributed by atoms with Crippen molar-refractivity contribution in [1.29, 1.82) is 0 Å². The molecule has 0 aliphatic rings. The highest BCUT2D eigenvalue weighted by molar-refractivity contribution is 6.30. The van der Waals surface area contributed by atoms with Crippen molar-refractivity contribution in [2.45, 2.75) is 32.4 Å². The van der Waals surface area contributed by atoms with E-state index < -0.39 is 5.54 Å². The number of aromatic nitrogens is 3. The molecule has 1 amide bonds. The number of anilines is 1. The molecule has 0 aliphatic heterocycles. The van der Waals surface area contributed by atoms with E-state index in [1.165, 1.54) is 0 Å². The monoisotopic (exact) mass is 307 g/mol. The van der Waals surface area contributed by atoms with E-state index in [4.69, 9.17) is 17.3 Å². The van der Waals surface area contributed by atoms with Gasteiger partial charge in [-0.15, -0.1) is 5.10 Å². The van der Waals surface area contributed by atoms with Gasteiger partial charge in [-0.3, -0.25) is 9.48 Å². The number of nitrogens with one attached hydrogen (secondary N) is 1. The van der Waals surface area contributed by atoms with Crippen molar-refractivity contribution in [1.82, 2.24) is 15.0 Å². The maximum atomic E-state index is 11.9. The van der Waals surface area contributed by atoms with E-state index in [9.17, 15) is 4.79 Å². The Balaban J connectivity index is 1.88. The number of amides is 1. The van der Waals surface area contributed by atoms with E-state index in [1.807, 2.05) is 13.8 Å². The van der Waals surface area contributed by atoms with Crippen LogP contribution in [-0.4, -0.2) is 20.9 Å². The quantitative estimate of drug-likeness (QED) is 0.886. The van der Waals surface area contributed by atoms with Crippen LogP contribution in [0.25, 0.3) is 0 Å². The molecular weight excluding hydrogens is 290 g/mol. The van der Waals surface area contributed by atoms with E-state index in [1.54, 1.807) is 35.1 Å². The SMILES string of the molecule is CC(C)(N)c1cn(CCC(=O)Nc2cccc(Cl)c2)nn1. The smallest absolute Gasteiger partial charge is 0.226 e. The number of nitrogens with zero attached hydrogens (tertiary/aromatic N) is 3. The molecule has 0 atom stereocenters. The van der Waals surface area contributed by atoms with Gasteiger partial charge in [0, 0.05) is 17.1 Å². The number of carbonyl (C=O) groups excluding carboxylic acids is 1. The van der Waals surface area contributed by atoms with E-state index >= 15 is 0 Å². The minimum atomic E-state index is -0.540. The number of hydrogen-bond donors (Lipinski definition) is 2. The normalized spacial score (nSPS) is 11.4. The zero-order valence-electron chi connectivity index (χ0n) is 12.0. The van der Waals surface area contributed by atoms with Crippen LogP contribution in [0.1, 0.15) is 26.0 Å². The molecule has 1 aromatic heterocycles. The largest absolute Gasteiger partial charge is 0.326 e. The third-order valence-corrected chi connectivity index (χ3v) is 3.11. The first-order valence-corrected chi connectivity index (χ1v) is 6.97. The molecule has 1 aromatic carbocycles. The fraction of sp³-hybridized carbons (Fsp3) is 0.357. The lowest BCUT2D eigenvalue weighted by Crippen LogP contribution is -2.29. The Hall–Kier alpha value is -1.92. The van der Waals surface area contributed by atoms with Crippen molar-refractivity contribution in [2.24, 2.45) is 5.73 Å². The first-order chi connectivity index (χ1) is 9.84. The number of halogens is 1. The molecule has 2 rings (SSSR count). The maximum absolute atomic E-state index is 11.9. The van der Waals surface area contributed by atoms with E-state index in [0.717, 1.165) is 0 Å². The number of hydrogen-bond acceptors (Lipinski definition) is 4. The Kier molecular flexibility index (Phi) is 4.59. The lowest BCUT2D eigenvalue weighted by Gasteiger charge is -2.13. The molecule has 7 heteroatoms. The first kappa shape index (κ1) is 15.5. The predicted molar refractivity (Wildman–Crippen MR) is 81.9 cm³/mol. The maximum Gasteiger partial charge on any atom is 0.226 e.